The Hall–Kier alpha value is -4.53. The van der Waals surface area contributed by atoms with Crippen LogP contribution in [0, 0.1) is 12.7 Å². The molecule has 0 radical (unpaired) electrons. The van der Waals surface area contributed by atoms with Gasteiger partial charge in [0.2, 0.25) is 5.91 Å². The third kappa shape index (κ3) is 5.25. The number of nitrogens with one attached hydrogen (secondary N) is 3. The van der Waals surface area contributed by atoms with Crippen LogP contribution in [0.4, 0.5) is 14.9 Å². The van der Waals surface area contributed by atoms with Gasteiger partial charge in [-0.25, -0.2) is 9.18 Å². The number of aryl methyl sites for hydroxylation is 1. The lowest BCUT2D eigenvalue weighted by Gasteiger charge is -2.22. The summed E-state index contributed by atoms with van der Waals surface area (Å²) in [5.41, 5.74) is 1.74. The Kier molecular flexibility index (Phi) is 6.82. The number of amides is 5. The topological polar surface area (TPSA) is 108 Å². The zero-order chi connectivity index (χ0) is 25.9. The van der Waals surface area contributed by atoms with E-state index in [2.05, 4.69) is 16.0 Å². The van der Waals surface area contributed by atoms with Gasteiger partial charge in [0.15, 0.2) is 0 Å². The summed E-state index contributed by atoms with van der Waals surface area (Å²) in [7, 11) is 0. The Labute approximate surface area is 207 Å². The second-order valence-corrected chi connectivity index (χ2v) is 8.75. The van der Waals surface area contributed by atoms with Crippen molar-refractivity contribution in [3.8, 4) is 0 Å². The van der Waals surface area contributed by atoms with Crippen molar-refractivity contribution in [3.63, 3.8) is 0 Å². The van der Waals surface area contributed by atoms with Gasteiger partial charge in [-0.2, -0.15) is 0 Å². The molecule has 0 bridgehead atoms. The Morgan fingerprint density at radius 1 is 1.00 bits per heavy atom. The molecular weight excluding hydrogens is 463 g/mol. The van der Waals surface area contributed by atoms with Crippen molar-refractivity contribution >= 4 is 29.4 Å². The number of carbonyl (C=O) groups excluding carboxylic acids is 4. The number of rotatable bonds is 7. The molecule has 0 aliphatic carbocycles. The average molecular weight is 489 g/mol. The van der Waals surface area contributed by atoms with Crippen molar-refractivity contribution in [3.05, 3.63) is 101 Å². The van der Waals surface area contributed by atoms with Gasteiger partial charge in [0.25, 0.3) is 11.8 Å². The van der Waals surface area contributed by atoms with Crippen LogP contribution >= 0.6 is 0 Å². The maximum Gasteiger partial charge on any atom is 0.325 e. The summed E-state index contributed by atoms with van der Waals surface area (Å²) in [6.07, 6.45) is 0. The predicted molar refractivity (Wildman–Crippen MR) is 131 cm³/mol. The molecule has 0 aromatic heterocycles. The molecule has 5 amide bonds. The molecule has 0 saturated carbocycles. The highest BCUT2D eigenvalue weighted by molar-refractivity contribution is 6.09. The van der Waals surface area contributed by atoms with Crippen molar-refractivity contribution in [2.24, 2.45) is 0 Å². The molecular formula is C27H25FN4O4. The quantitative estimate of drug-likeness (QED) is 0.443. The summed E-state index contributed by atoms with van der Waals surface area (Å²) >= 11 is 0. The minimum atomic E-state index is -1.25. The van der Waals surface area contributed by atoms with E-state index in [-0.39, 0.29) is 12.1 Å². The van der Waals surface area contributed by atoms with Gasteiger partial charge in [0.1, 0.15) is 17.9 Å². The fraction of sp³-hybridized carbons (Fsp3) is 0.185. The lowest BCUT2D eigenvalue weighted by Crippen LogP contribution is -2.43. The number of carbonyl (C=O) groups is 4. The van der Waals surface area contributed by atoms with Gasteiger partial charge in [-0.15, -0.1) is 0 Å². The maximum absolute atomic E-state index is 13.4. The molecule has 3 aromatic rings. The van der Waals surface area contributed by atoms with Crippen LogP contribution in [0.3, 0.4) is 0 Å². The maximum atomic E-state index is 13.4. The molecule has 3 aromatic carbocycles. The number of imide groups is 1. The third-order valence-electron chi connectivity index (χ3n) is 5.97. The molecule has 1 heterocycles. The first-order valence-corrected chi connectivity index (χ1v) is 11.3. The molecule has 1 fully saturated rings. The van der Waals surface area contributed by atoms with Gasteiger partial charge in [0, 0.05) is 17.8 Å². The average Bonchev–Trinajstić information content (AvgIpc) is 3.07. The number of nitrogens with zero attached hydrogens (tertiary/aromatic N) is 1. The molecule has 1 unspecified atom stereocenters. The first-order chi connectivity index (χ1) is 17.2. The van der Waals surface area contributed by atoms with Gasteiger partial charge in [-0.3, -0.25) is 19.3 Å². The standard InChI is InChI=1S/C27H25FN4O4/c1-17-9-11-20(12-10-17)27(2)25(35)32(26(36)31-27)16-23(33)29-15-18-5-3-8-22(13-18)30-24(34)19-6-4-7-21(28)14-19/h3-14H,15-16H2,1-2H3,(H,29,33)(H,30,34)(H,31,36). The molecule has 1 saturated heterocycles. The van der Waals surface area contributed by atoms with E-state index in [0.29, 0.717) is 16.8 Å². The van der Waals surface area contributed by atoms with Crippen LogP contribution in [0.2, 0.25) is 0 Å². The zero-order valence-electron chi connectivity index (χ0n) is 19.8. The van der Waals surface area contributed by atoms with Crippen molar-refractivity contribution in [2.75, 3.05) is 11.9 Å². The first-order valence-electron chi connectivity index (χ1n) is 11.3. The molecule has 3 N–H and O–H groups in total. The van der Waals surface area contributed by atoms with Crippen LogP contribution in [0.5, 0.6) is 0 Å². The Morgan fingerprint density at radius 3 is 2.44 bits per heavy atom. The van der Waals surface area contributed by atoms with Crippen LogP contribution in [0.1, 0.15) is 34.0 Å². The third-order valence-corrected chi connectivity index (χ3v) is 5.97. The lowest BCUT2D eigenvalue weighted by molar-refractivity contribution is -0.134. The van der Waals surface area contributed by atoms with Crippen LogP contribution in [-0.2, 0) is 21.7 Å². The number of urea groups is 1. The van der Waals surface area contributed by atoms with E-state index in [0.717, 1.165) is 16.5 Å². The molecule has 36 heavy (non-hydrogen) atoms. The van der Waals surface area contributed by atoms with Crippen molar-refractivity contribution in [1.82, 2.24) is 15.5 Å². The molecule has 4 rings (SSSR count). The number of halogens is 1. The highest BCUT2D eigenvalue weighted by Gasteiger charge is 2.49. The number of hydrogen-bond acceptors (Lipinski definition) is 4. The van der Waals surface area contributed by atoms with Crippen LogP contribution < -0.4 is 16.0 Å². The fourth-order valence-electron chi connectivity index (χ4n) is 3.92. The lowest BCUT2D eigenvalue weighted by atomic mass is 9.91. The largest absolute Gasteiger partial charge is 0.350 e. The van der Waals surface area contributed by atoms with Crippen molar-refractivity contribution < 1.29 is 23.6 Å². The van der Waals surface area contributed by atoms with Crippen LogP contribution in [0.15, 0.2) is 72.8 Å². The highest BCUT2D eigenvalue weighted by Crippen LogP contribution is 2.28. The minimum Gasteiger partial charge on any atom is -0.350 e. The normalized spacial score (nSPS) is 17.0. The van der Waals surface area contributed by atoms with Crippen LogP contribution in [-0.4, -0.2) is 35.2 Å². The van der Waals surface area contributed by atoms with E-state index < -0.39 is 41.7 Å². The van der Waals surface area contributed by atoms with Crippen LogP contribution in [0.25, 0.3) is 0 Å². The molecule has 1 atom stereocenters. The molecule has 8 nitrogen and oxygen atoms in total. The van der Waals surface area contributed by atoms with Gasteiger partial charge < -0.3 is 16.0 Å². The van der Waals surface area contributed by atoms with E-state index in [9.17, 15) is 23.6 Å². The first kappa shape index (κ1) is 24.6. The number of benzene rings is 3. The SMILES string of the molecule is Cc1ccc(C2(C)NC(=O)N(CC(=O)NCc3cccc(NC(=O)c4cccc(F)c4)c3)C2=O)cc1. The zero-order valence-corrected chi connectivity index (χ0v) is 19.8. The number of hydrogen-bond donors (Lipinski definition) is 3. The summed E-state index contributed by atoms with van der Waals surface area (Å²) in [4.78, 5) is 51.3. The Morgan fingerprint density at radius 2 is 1.72 bits per heavy atom. The summed E-state index contributed by atoms with van der Waals surface area (Å²) in [6, 6.07) is 18.7. The number of anilines is 1. The fourth-order valence-corrected chi connectivity index (χ4v) is 3.92. The molecule has 1 aliphatic rings. The highest BCUT2D eigenvalue weighted by atomic mass is 19.1. The predicted octanol–water partition coefficient (Wildman–Crippen LogP) is 3.47. The summed E-state index contributed by atoms with van der Waals surface area (Å²) in [5, 5.41) is 8.06. The Balaban J connectivity index is 1.35. The van der Waals surface area contributed by atoms with Gasteiger partial charge in [-0.05, 0) is 55.3 Å². The van der Waals surface area contributed by atoms with E-state index in [1.165, 1.54) is 18.2 Å². The molecule has 0 spiro atoms. The van der Waals surface area contributed by atoms with Gasteiger partial charge in [-0.1, -0.05) is 48.0 Å². The summed E-state index contributed by atoms with van der Waals surface area (Å²) < 4.78 is 13.4. The summed E-state index contributed by atoms with van der Waals surface area (Å²) in [6.45, 7) is 3.22. The molecule has 184 valence electrons. The monoisotopic (exact) mass is 488 g/mol. The van der Waals surface area contributed by atoms with Gasteiger partial charge in [0.05, 0.1) is 0 Å². The van der Waals surface area contributed by atoms with E-state index >= 15 is 0 Å². The second-order valence-electron chi connectivity index (χ2n) is 8.75. The minimum absolute atomic E-state index is 0.112. The van der Waals surface area contributed by atoms with E-state index in [1.807, 2.05) is 19.1 Å². The smallest absolute Gasteiger partial charge is 0.325 e. The molecule has 9 heteroatoms. The van der Waals surface area contributed by atoms with E-state index in [1.54, 1.807) is 43.3 Å². The molecule has 1 aliphatic heterocycles. The van der Waals surface area contributed by atoms with Crippen molar-refractivity contribution in [1.29, 1.82) is 0 Å². The summed E-state index contributed by atoms with van der Waals surface area (Å²) in [5.74, 6) is -2.00. The second kappa shape index (κ2) is 9.99. The van der Waals surface area contributed by atoms with Crippen molar-refractivity contribution in [2.45, 2.75) is 25.9 Å². The van der Waals surface area contributed by atoms with Gasteiger partial charge >= 0.3 is 6.03 Å². The Bertz CT molecular complexity index is 1340. The van der Waals surface area contributed by atoms with E-state index in [4.69, 9.17) is 0 Å².